The molecule has 0 atom stereocenters. The van der Waals surface area contributed by atoms with Crippen molar-refractivity contribution in [3.05, 3.63) is 28.7 Å². The molecule has 6 rings (SSSR count). The third-order valence-corrected chi connectivity index (χ3v) is 7.33. The molecule has 4 aliphatic carbocycles. The Morgan fingerprint density at radius 2 is 1.78 bits per heavy atom. The van der Waals surface area contributed by atoms with Crippen LogP contribution in [0.25, 0.3) is 5.65 Å². The summed E-state index contributed by atoms with van der Waals surface area (Å²) in [5, 5.41) is 8.04. The van der Waals surface area contributed by atoms with Crippen LogP contribution in [0, 0.1) is 38.5 Å². The van der Waals surface area contributed by atoms with Crippen molar-refractivity contribution in [2.75, 3.05) is 0 Å². The Hall–Kier alpha value is -1.91. The molecule has 4 fully saturated rings. The maximum Gasteiger partial charge on any atom is 0.220 e. The number of nitrogens with zero attached hydrogens (tertiary/aromatic N) is 3. The first-order valence-electron chi connectivity index (χ1n) is 10.5. The fourth-order valence-corrected chi connectivity index (χ4v) is 6.66. The van der Waals surface area contributed by atoms with Crippen LogP contribution < -0.4 is 5.32 Å². The van der Waals surface area contributed by atoms with E-state index in [2.05, 4.69) is 22.3 Å². The Bertz CT molecular complexity index is 877. The quantitative estimate of drug-likeness (QED) is 0.898. The van der Waals surface area contributed by atoms with Gasteiger partial charge >= 0.3 is 0 Å². The van der Waals surface area contributed by atoms with Gasteiger partial charge in [-0.25, -0.2) is 9.50 Å². The Kier molecular flexibility index (Phi) is 3.85. The lowest BCUT2D eigenvalue weighted by Crippen LogP contribution is -2.59. The highest BCUT2D eigenvalue weighted by Gasteiger charge is 2.51. The average Bonchev–Trinajstić information content (AvgIpc) is 2.93. The summed E-state index contributed by atoms with van der Waals surface area (Å²) in [6.07, 6.45) is 9.12. The fourth-order valence-electron chi connectivity index (χ4n) is 6.66. The number of hydrogen-bond acceptors (Lipinski definition) is 3. The second-order valence-electron chi connectivity index (χ2n) is 9.56. The molecule has 4 bridgehead atoms. The third kappa shape index (κ3) is 2.95. The largest absolute Gasteiger partial charge is 0.351 e. The molecule has 4 aliphatic rings. The summed E-state index contributed by atoms with van der Waals surface area (Å²) in [6, 6.07) is 2.00. The van der Waals surface area contributed by atoms with Gasteiger partial charge in [-0.05, 0) is 89.0 Å². The highest BCUT2D eigenvalue weighted by molar-refractivity contribution is 5.77. The highest BCUT2D eigenvalue weighted by atomic mass is 16.1. The Labute approximate surface area is 160 Å². The minimum atomic E-state index is 0.108. The molecule has 5 heteroatoms. The van der Waals surface area contributed by atoms with Crippen LogP contribution in [0.3, 0.4) is 0 Å². The summed E-state index contributed by atoms with van der Waals surface area (Å²) in [7, 11) is 0. The summed E-state index contributed by atoms with van der Waals surface area (Å²) in [5.41, 5.74) is 5.25. The van der Waals surface area contributed by atoms with Crippen molar-refractivity contribution >= 4 is 11.6 Å². The SMILES string of the molecule is Cc1cc2nc(C)c(CCC(=O)NC34CC5CC(CC(C5)C3)C4)c(C)n2n1. The van der Waals surface area contributed by atoms with Crippen molar-refractivity contribution in [3.8, 4) is 0 Å². The number of hydrogen-bond donors (Lipinski definition) is 1. The fraction of sp³-hybridized carbons (Fsp3) is 0.682. The molecule has 2 aromatic rings. The number of rotatable bonds is 4. The number of carbonyl (C=O) groups is 1. The molecule has 0 unspecified atom stereocenters. The molecule has 0 aliphatic heterocycles. The number of carbonyl (C=O) groups excluding carboxylic acids is 1. The van der Waals surface area contributed by atoms with Crippen LogP contribution in [-0.2, 0) is 11.2 Å². The van der Waals surface area contributed by atoms with Crippen molar-refractivity contribution in [2.45, 2.75) is 77.7 Å². The number of aryl methyl sites for hydroxylation is 3. The van der Waals surface area contributed by atoms with Gasteiger partial charge in [0.15, 0.2) is 5.65 Å². The first-order chi connectivity index (χ1) is 12.9. The summed E-state index contributed by atoms with van der Waals surface area (Å²) in [6.45, 7) is 6.12. The maximum atomic E-state index is 12.8. The lowest BCUT2D eigenvalue weighted by atomic mass is 9.53. The Balaban J connectivity index is 1.29. The number of amides is 1. The van der Waals surface area contributed by atoms with E-state index in [0.717, 1.165) is 52.5 Å². The molecule has 2 heterocycles. The minimum absolute atomic E-state index is 0.108. The molecule has 5 nitrogen and oxygen atoms in total. The van der Waals surface area contributed by atoms with E-state index in [0.29, 0.717) is 6.42 Å². The van der Waals surface area contributed by atoms with Gasteiger partial charge in [-0.15, -0.1) is 0 Å². The zero-order valence-corrected chi connectivity index (χ0v) is 16.7. The van der Waals surface area contributed by atoms with E-state index in [1.54, 1.807) is 0 Å². The predicted molar refractivity (Wildman–Crippen MR) is 105 cm³/mol. The van der Waals surface area contributed by atoms with Gasteiger partial charge in [0.1, 0.15) is 0 Å². The van der Waals surface area contributed by atoms with Gasteiger partial charge in [0, 0.05) is 29.4 Å². The van der Waals surface area contributed by atoms with Gasteiger partial charge in [0.25, 0.3) is 0 Å². The first kappa shape index (κ1) is 17.2. The molecule has 4 saturated carbocycles. The second-order valence-corrected chi connectivity index (χ2v) is 9.56. The summed E-state index contributed by atoms with van der Waals surface area (Å²) in [5.74, 6) is 2.79. The van der Waals surface area contributed by atoms with Crippen LogP contribution in [-0.4, -0.2) is 26.0 Å². The average molecular weight is 367 g/mol. The van der Waals surface area contributed by atoms with Gasteiger partial charge in [0.2, 0.25) is 5.91 Å². The number of fused-ring (bicyclic) bond motifs is 1. The van der Waals surface area contributed by atoms with E-state index in [1.165, 1.54) is 38.5 Å². The molecule has 2 aromatic heterocycles. The molecule has 1 N–H and O–H groups in total. The molecular weight excluding hydrogens is 336 g/mol. The highest BCUT2D eigenvalue weighted by Crippen LogP contribution is 2.55. The third-order valence-electron chi connectivity index (χ3n) is 7.33. The predicted octanol–water partition coefficient (Wildman–Crippen LogP) is 3.67. The van der Waals surface area contributed by atoms with E-state index in [4.69, 9.17) is 0 Å². The van der Waals surface area contributed by atoms with Crippen molar-refractivity contribution in [3.63, 3.8) is 0 Å². The van der Waals surface area contributed by atoms with Gasteiger partial charge < -0.3 is 5.32 Å². The topological polar surface area (TPSA) is 59.3 Å². The lowest BCUT2D eigenvalue weighted by molar-refractivity contribution is -0.126. The normalized spacial score (nSPS) is 31.6. The van der Waals surface area contributed by atoms with Crippen molar-refractivity contribution in [1.29, 1.82) is 0 Å². The zero-order chi connectivity index (χ0) is 18.8. The van der Waals surface area contributed by atoms with Gasteiger partial charge in [-0.3, -0.25) is 4.79 Å². The number of nitrogens with one attached hydrogen (secondary N) is 1. The molecule has 0 aromatic carbocycles. The second kappa shape index (κ2) is 6.05. The monoisotopic (exact) mass is 366 g/mol. The standard InChI is InChI=1S/C22H30N4O/c1-13-6-20-23-14(2)19(15(3)26(20)25-13)4-5-21(27)24-22-10-16-7-17(11-22)9-18(8-16)12-22/h6,16-18H,4-5,7-12H2,1-3H3,(H,24,27). The van der Waals surface area contributed by atoms with Crippen molar-refractivity contribution in [1.82, 2.24) is 19.9 Å². The van der Waals surface area contributed by atoms with E-state index >= 15 is 0 Å². The first-order valence-corrected chi connectivity index (χ1v) is 10.5. The molecular formula is C22H30N4O. The van der Waals surface area contributed by atoms with E-state index in [9.17, 15) is 4.79 Å². The summed E-state index contributed by atoms with van der Waals surface area (Å²) in [4.78, 5) is 17.5. The maximum absolute atomic E-state index is 12.8. The smallest absolute Gasteiger partial charge is 0.220 e. The Morgan fingerprint density at radius 1 is 1.15 bits per heavy atom. The van der Waals surface area contributed by atoms with Crippen LogP contribution in [0.2, 0.25) is 0 Å². The molecule has 27 heavy (non-hydrogen) atoms. The van der Waals surface area contributed by atoms with Crippen LogP contribution >= 0.6 is 0 Å². The van der Waals surface area contributed by atoms with Gasteiger partial charge in [-0.1, -0.05) is 0 Å². The van der Waals surface area contributed by atoms with Crippen LogP contribution in [0.15, 0.2) is 6.07 Å². The van der Waals surface area contributed by atoms with Crippen LogP contribution in [0.4, 0.5) is 0 Å². The van der Waals surface area contributed by atoms with Crippen LogP contribution in [0.1, 0.15) is 67.6 Å². The van der Waals surface area contributed by atoms with Crippen molar-refractivity contribution in [2.24, 2.45) is 17.8 Å². The van der Waals surface area contributed by atoms with E-state index in [1.807, 2.05) is 24.4 Å². The summed E-state index contributed by atoms with van der Waals surface area (Å²) >= 11 is 0. The molecule has 0 saturated heterocycles. The summed E-state index contributed by atoms with van der Waals surface area (Å²) < 4.78 is 1.91. The Morgan fingerprint density at radius 3 is 2.41 bits per heavy atom. The molecule has 0 spiro atoms. The lowest BCUT2D eigenvalue weighted by Gasteiger charge is -2.56. The van der Waals surface area contributed by atoms with E-state index < -0.39 is 0 Å². The van der Waals surface area contributed by atoms with Gasteiger partial charge in [-0.2, -0.15) is 5.10 Å². The number of aromatic nitrogens is 3. The van der Waals surface area contributed by atoms with Crippen LogP contribution in [0.5, 0.6) is 0 Å². The van der Waals surface area contributed by atoms with Crippen molar-refractivity contribution < 1.29 is 4.79 Å². The molecule has 1 amide bonds. The molecule has 0 radical (unpaired) electrons. The van der Waals surface area contributed by atoms with E-state index in [-0.39, 0.29) is 11.4 Å². The minimum Gasteiger partial charge on any atom is -0.351 e. The molecule has 144 valence electrons. The zero-order valence-electron chi connectivity index (χ0n) is 16.7. The van der Waals surface area contributed by atoms with Gasteiger partial charge in [0.05, 0.1) is 5.69 Å².